The lowest BCUT2D eigenvalue weighted by Crippen LogP contribution is -2.38. The van der Waals surface area contributed by atoms with Crippen molar-refractivity contribution in [1.29, 1.82) is 0 Å². The fourth-order valence-corrected chi connectivity index (χ4v) is 8.77. The maximum atomic E-state index is 14.0. The third-order valence-electron chi connectivity index (χ3n) is 13.0. The Kier molecular flexibility index (Phi) is 33.9. The minimum absolute atomic E-state index is 0.0134. The molecule has 5 rings (SSSR count). The summed E-state index contributed by atoms with van der Waals surface area (Å²) < 4.78 is 151. The highest BCUT2D eigenvalue weighted by Gasteiger charge is 2.34. The molecule has 0 saturated heterocycles. The summed E-state index contributed by atoms with van der Waals surface area (Å²) in [5.74, 6) is -12.3. The molecule has 3 amide bonds. The number of fused-ring (bicyclic) bond motifs is 1. The molecule has 1 aliphatic carbocycles. The number of hydrogen-bond acceptors (Lipinski definition) is 22. The van der Waals surface area contributed by atoms with Crippen molar-refractivity contribution < 1.29 is 107 Å². The number of nitrogens with zero attached hydrogens (tertiary/aromatic N) is 5. The number of esters is 1. The second-order valence-electron chi connectivity index (χ2n) is 19.9. The zero-order valence-electron chi connectivity index (χ0n) is 50.2. The summed E-state index contributed by atoms with van der Waals surface area (Å²) in [6, 6.07) is 5.68. The molecule has 89 heavy (non-hydrogen) atoms. The molecule has 2 heterocycles. The van der Waals surface area contributed by atoms with Crippen LogP contribution in [0.15, 0.2) is 46.1 Å². The molecule has 1 aliphatic heterocycles. The zero-order valence-corrected chi connectivity index (χ0v) is 51.0. The van der Waals surface area contributed by atoms with E-state index in [0.29, 0.717) is 141 Å². The predicted molar refractivity (Wildman–Crippen MR) is 311 cm³/mol. The largest absolute Gasteiger partial charge is 0.446 e. The minimum atomic E-state index is -5.65. The van der Waals surface area contributed by atoms with Crippen molar-refractivity contribution in [3.8, 4) is 16.9 Å². The molecule has 0 radical (unpaired) electrons. The maximum Gasteiger partial charge on any atom is 0.409 e. The molecule has 0 unspecified atom stereocenters. The number of benzene rings is 2. The summed E-state index contributed by atoms with van der Waals surface area (Å²) in [5, 5.41) is 2.81. The Labute approximate surface area is 514 Å². The van der Waals surface area contributed by atoms with Gasteiger partial charge in [0.05, 0.1) is 151 Å². The molecule has 26 nitrogen and oxygen atoms in total. The number of amides is 3. The van der Waals surface area contributed by atoms with Gasteiger partial charge in [-0.1, -0.05) is 19.1 Å². The van der Waals surface area contributed by atoms with Crippen molar-refractivity contribution in [2.45, 2.75) is 75.8 Å². The number of rotatable bonds is 46. The van der Waals surface area contributed by atoms with Crippen molar-refractivity contribution in [3.05, 3.63) is 70.8 Å². The third kappa shape index (κ3) is 27.3. The highest BCUT2D eigenvalue weighted by Crippen LogP contribution is 2.34. The summed E-state index contributed by atoms with van der Waals surface area (Å²) in [6.07, 6.45) is 8.93. The lowest BCUT2D eigenvalue weighted by atomic mass is 9.96. The second-order valence-corrected chi connectivity index (χ2v) is 21.2. The smallest absolute Gasteiger partial charge is 0.409 e. The summed E-state index contributed by atoms with van der Waals surface area (Å²) in [5.41, 5.74) is 9.82. The van der Waals surface area contributed by atoms with Gasteiger partial charge in [0.1, 0.15) is 17.8 Å². The van der Waals surface area contributed by atoms with Crippen LogP contribution in [0.5, 0.6) is 5.75 Å². The molecule has 2 aromatic carbocycles. The molecule has 496 valence electrons. The molecule has 4 N–H and O–H groups in total. The second kappa shape index (κ2) is 41.1. The van der Waals surface area contributed by atoms with Gasteiger partial charge in [-0.2, -0.15) is 17.2 Å². The Bertz CT molecular complexity index is 2830. The minimum Gasteiger partial charge on any atom is -0.446 e. The van der Waals surface area contributed by atoms with Gasteiger partial charge in [0.25, 0.3) is 0 Å². The summed E-state index contributed by atoms with van der Waals surface area (Å²) >= 11 is 0. The van der Waals surface area contributed by atoms with E-state index in [1.54, 1.807) is 29.2 Å². The van der Waals surface area contributed by atoms with Crippen LogP contribution in [0.2, 0.25) is 0 Å². The number of carbonyl (C=O) groups excluding carboxylic acids is 4. The monoisotopic (exact) mass is 1290 g/mol. The first-order valence-electron chi connectivity index (χ1n) is 29.2. The Morgan fingerprint density at radius 1 is 0.663 bits per heavy atom. The fraction of sp³-hybridized carbons (Fsp3) is 0.603. The van der Waals surface area contributed by atoms with Gasteiger partial charge in [0.2, 0.25) is 29.2 Å². The van der Waals surface area contributed by atoms with E-state index in [1.165, 1.54) is 0 Å². The van der Waals surface area contributed by atoms with E-state index in [-0.39, 0.29) is 83.0 Å². The summed E-state index contributed by atoms with van der Waals surface area (Å²) in [4.78, 5) is 65.2. The van der Waals surface area contributed by atoms with E-state index in [9.17, 15) is 45.2 Å². The van der Waals surface area contributed by atoms with Gasteiger partial charge in [0.15, 0.2) is 16.5 Å². The number of nitrogens with one attached hydrogen (secondary N) is 1. The molecule has 0 bridgehead atoms. The molecule has 2 aliphatic rings. The normalized spacial score (nSPS) is 13.2. The van der Waals surface area contributed by atoms with Crippen LogP contribution in [0.4, 0.5) is 28.0 Å². The highest BCUT2D eigenvalue weighted by molar-refractivity contribution is 7.85. The number of carbonyl (C=O) groups is 4. The van der Waals surface area contributed by atoms with E-state index in [0.717, 1.165) is 42.4 Å². The maximum absolute atomic E-state index is 14.0. The van der Waals surface area contributed by atoms with Gasteiger partial charge < -0.3 is 77.7 Å². The van der Waals surface area contributed by atoms with E-state index < -0.39 is 56.4 Å². The van der Waals surface area contributed by atoms with Gasteiger partial charge in [-0.25, -0.2) is 28.5 Å². The fourth-order valence-electron chi connectivity index (χ4n) is 8.14. The molecule has 1 fully saturated rings. The summed E-state index contributed by atoms with van der Waals surface area (Å²) in [6.45, 7) is 9.29. The molecule has 0 atom stereocenters. The number of amidine groups is 1. The lowest BCUT2D eigenvalue weighted by molar-refractivity contribution is -0.136. The Morgan fingerprint density at radius 3 is 1.61 bits per heavy atom. The van der Waals surface area contributed by atoms with E-state index in [2.05, 4.69) is 25.0 Å². The van der Waals surface area contributed by atoms with Gasteiger partial charge in [-0.05, 0) is 49.8 Å². The number of aliphatic imine (C=N–C) groups is 1. The van der Waals surface area contributed by atoms with Crippen LogP contribution in [0.3, 0.4) is 0 Å². The predicted octanol–water partition coefficient (Wildman–Crippen LogP) is 5.14. The molecular weight excluding hydrogens is 1210 g/mol. The number of hydrogen-bond donors (Lipinski definition) is 3. The molecule has 1 aromatic heterocycles. The first-order chi connectivity index (χ1) is 43.0. The van der Waals surface area contributed by atoms with Crippen LogP contribution in [0, 0.1) is 23.3 Å². The van der Waals surface area contributed by atoms with Gasteiger partial charge in [-0.3, -0.25) is 18.9 Å². The topological polar surface area (TPSA) is 316 Å². The number of halogens is 4. The average Bonchev–Trinajstić information content (AvgIpc) is 3.24. The van der Waals surface area contributed by atoms with E-state index >= 15 is 0 Å². The Balaban J connectivity index is 0.761. The Hall–Kier alpha value is -6.36. The molecule has 3 aromatic rings. The van der Waals surface area contributed by atoms with Gasteiger partial charge in [0, 0.05) is 68.6 Å². The van der Waals surface area contributed by atoms with Gasteiger partial charge >= 0.3 is 22.2 Å². The van der Waals surface area contributed by atoms with Crippen molar-refractivity contribution in [2.75, 3.05) is 159 Å². The van der Waals surface area contributed by atoms with Crippen LogP contribution in [0.1, 0.15) is 69.7 Å². The van der Waals surface area contributed by atoms with Crippen LogP contribution >= 0.6 is 0 Å². The first-order valence-corrected chi connectivity index (χ1v) is 30.7. The van der Waals surface area contributed by atoms with E-state index in [4.69, 9.17) is 62.4 Å². The zero-order chi connectivity index (χ0) is 64.2. The number of ether oxygens (including phenoxy) is 12. The number of aromatic nitrogens is 2. The van der Waals surface area contributed by atoms with Crippen molar-refractivity contribution >= 4 is 51.6 Å². The lowest BCUT2D eigenvalue weighted by Gasteiger charge is -2.28. The Morgan fingerprint density at radius 2 is 1.15 bits per heavy atom. The molecule has 31 heteroatoms. The first kappa shape index (κ1) is 73.4. The van der Waals surface area contributed by atoms with E-state index in [1.807, 2.05) is 31.2 Å². The molecule has 0 spiro atoms. The van der Waals surface area contributed by atoms with Crippen LogP contribution in [0.25, 0.3) is 17.2 Å². The van der Waals surface area contributed by atoms with Crippen LogP contribution in [-0.2, 0) is 83.2 Å². The van der Waals surface area contributed by atoms with Crippen LogP contribution in [-0.4, -0.2) is 227 Å². The van der Waals surface area contributed by atoms with Crippen LogP contribution < -0.4 is 15.8 Å². The van der Waals surface area contributed by atoms with Gasteiger partial charge in [-0.15, -0.1) is 0 Å². The molecule has 1 saturated carbocycles. The van der Waals surface area contributed by atoms with Crippen molar-refractivity contribution in [2.24, 2.45) is 10.7 Å². The molecular formula is C58H81F4N7O19S. The van der Waals surface area contributed by atoms with Crippen molar-refractivity contribution in [3.63, 3.8) is 0 Å². The summed E-state index contributed by atoms with van der Waals surface area (Å²) in [7, 11) is -3.94. The van der Waals surface area contributed by atoms with Crippen molar-refractivity contribution in [1.82, 2.24) is 25.1 Å². The number of nitrogens with two attached hydrogens (primary N) is 1. The quantitative estimate of drug-likeness (QED) is 0.0165. The highest BCUT2D eigenvalue weighted by atomic mass is 32.2. The third-order valence-corrected chi connectivity index (χ3v) is 13.9. The standard InChI is InChI=1S/C58H81F4N7O19S/c1-3-12-69(14-5-13-68(2)58(73)87-45-6-4-7-45)57(72)43-35-42-9-8-41(36-46(42)67-47(63)37-43)44-38-64-48(65-39-44)40-66-49(70)10-15-77-17-19-79-21-23-81-25-27-83-29-31-85-33-34-86-32-30-84-28-26-82-24-22-80-20-18-78-16-11-50(71)88-55-51(59)53(61)56(89(74,75)76)54(62)52(55)60/h8-9,35-36,38-39,45H,3-7,10-34,37,40H2,1-2H3,(H2,63,67)(H,66,70)(H,74,75,76). The SMILES string of the molecule is CCCN(CCCN(C)C(=O)OC1CCC1)C(=O)C1=Cc2ccc(-c3cnc(CNC(=O)CCOCCOCCOCCOCCOCCOCCOCCOCCOCCOCCC(=O)Oc4c(F)c(F)c(S(=O)(=O)O)c(F)c4F)nc3)cc2N=C(N)C1. The average molecular weight is 1290 g/mol.